The Morgan fingerprint density at radius 1 is 1.12 bits per heavy atom. The molecule has 0 heterocycles. The predicted molar refractivity (Wildman–Crippen MR) is 96.8 cm³/mol. The van der Waals surface area contributed by atoms with Crippen LogP contribution in [0, 0.1) is 5.41 Å². The summed E-state index contributed by atoms with van der Waals surface area (Å²) in [6.07, 6.45) is 4.00. The lowest BCUT2D eigenvalue weighted by atomic mass is 9.77. The molecular weight excluding hydrogens is 316 g/mol. The molecule has 136 valence electrons. The molecule has 1 aliphatic rings. The van der Waals surface area contributed by atoms with Gasteiger partial charge in [-0.1, -0.05) is 19.1 Å². The maximum atomic E-state index is 12.2. The molecular formula is C21H28O4. The number of carbonyl (C=O) groups is 3. The summed E-state index contributed by atoms with van der Waals surface area (Å²) in [6, 6.07) is 7.94. The van der Waals surface area contributed by atoms with Crippen LogP contribution in [0.5, 0.6) is 5.75 Å². The summed E-state index contributed by atoms with van der Waals surface area (Å²) in [6.45, 7) is 4.46. The van der Waals surface area contributed by atoms with Crippen molar-refractivity contribution in [3.05, 3.63) is 29.8 Å². The molecule has 0 unspecified atom stereocenters. The maximum Gasteiger partial charge on any atom is 0.146 e. The van der Waals surface area contributed by atoms with E-state index in [1.807, 2.05) is 38.1 Å². The molecule has 0 atom stereocenters. The summed E-state index contributed by atoms with van der Waals surface area (Å²) in [7, 11) is 0. The van der Waals surface area contributed by atoms with Crippen molar-refractivity contribution < 1.29 is 19.1 Å². The predicted octanol–water partition coefficient (Wildman–Crippen LogP) is 4.09. The SMILES string of the molecule is CCOc1cccc(CCCC(=O)CCC2(CC)C(=O)CCC2=O)c1. The lowest BCUT2D eigenvalue weighted by molar-refractivity contribution is -0.136. The Labute approximate surface area is 149 Å². The number of carbonyl (C=O) groups excluding carboxylic acids is 3. The third-order valence-corrected chi connectivity index (χ3v) is 5.21. The van der Waals surface area contributed by atoms with Gasteiger partial charge in [0.25, 0.3) is 0 Å². The monoisotopic (exact) mass is 344 g/mol. The zero-order valence-corrected chi connectivity index (χ0v) is 15.3. The first-order valence-corrected chi connectivity index (χ1v) is 9.32. The van der Waals surface area contributed by atoms with Crippen molar-refractivity contribution in [1.29, 1.82) is 0 Å². The number of ether oxygens (including phenoxy) is 1. The highest BCUT2D eigenvalue weighted by atomic mass is 16.5. The molecule has 1 aromatic carbocycles. The largest absolute Gasteiger partial charge is 0.494 e. The van der Waals surface area contributed by atoms with Gasteiger partial charge in [-0.05, 0) is 50.3 Å². The first kappa shape index (κ1) is 19.4. The van der Waals surface area contributed by atoms with Crippen LogP contribution in [0.2, 0.25) is 0 Å². The van der Waals surface area contributed by atoms with Crippen molar-refractivity contribution in [2.24, 2.45) is 5.41 Å². The minimum Gasteiger partial charge on any atom is -0.494 e. The highest BCUT2D eigenvalue weighted by Gasteiger charge is 2.47. The van der Waals surface area contributed by atoms with Gasteiger partial charge in [0.2, 0.25) is 0 Å². The molecule has 2 rings (SSSR count). The molecule has 1 saturated carbocycles. The Morgan fingerprint density at radius 3 is 2.48 bits per heavy atom. The molecule has 0 amide bonds. The number of Topliss-reactive ketones (excluding diaryl/α,β-unsaturated/α-hetero) is 3. The first-order chi connectivity index (χ1) is 12.0. The maximum absolute atomic E-state index is 12.2. The van der Waals surface area contributed by atoms with Gasteiger partial charge in [-0.25, -0.2) is 0 Å². The Hall–Kier alpha value is -1.97. The molecule has 0 bridgehead atoms. The fourth-order valence-corrected chi connectivity index (χ4v) is 3.64. The lowest BCUT2D eigenvalue weighted by Gasteiger charge is -2.23. The van der Waals surface area contributed by atoms with E-state index < -0.39 is 5.41 Å². The molecule has 0 radical (unpaired) electrons. The highest BCUT2D eigenvalue weighted by molar-refractivity contribution is 6.13. The normalized spacial score (nSPS) is 16.2. The zero-order valence-electron chi connectivity index (χ0n) is 15.3. The molecule has 1 aromatic rings. The van der Waals surface area contributed by atoms with Gasteiger partial charge in [0.15, 0.2) is 0 Å². The number of rotatable bonds is 10. The third-order valence-electron chi connectivity index (χ3n) is 5.21. The molecule has 1 aliphatic carbocycles. The van der Waals surface area contributed by atoms with E-state index in [1.54, 1.807) is 0 Å². The van der Waals surface area contributed by atoms with E-state index in [0.717, 1.165) is 24.2 Å². The number of hydrogen-bond acceptors (Lipinski definition) is 4. The fourth-order valence-electron chi connectivity index (χ4n) is 3.64. The molecule has 0 spiro atoms. The standard InChI is InChI=1S/C21H28O4/c1-3-21(19(23)11-12-20(21)24)14-13-17(22)9-5-7-16-8-6-10-18(15-16)25-4-2/h6,8,10,15H,3-5,7,9,11-14H2,1-2H3. The van der Waals surface area contributed by atoms with E-state index in [9.17, 15) is 14.4 Å². The average molecular weight is 344 g/mol. The van der Waals surface area contributed by atoms with Gasteiger partial charge in [-0.15, -0.1) is 0 Å². The van der Waals surface area contributed by atoms with Gasteiger partial charge in [0, 0.05) is 25.7 Å². The Balaban J connectivity index is 1.78. The third kappa shape index (κ3) is 4.77. The second-order valence-electron chi connectivity index (χ2n) is 6.75. The van der Waals surface area contributed by atoms with E-state index in [0.29, 0.717) is 45.1 Å². The van der Waals surface area contributed by atoms with Gasteiger partial charge in [-0.3, -0.25) is 14.4 Å². The number of benzene rings is 1. The van der Waals surface area contributed by atoms with Crippen molar-refractivity contribution in [1.82, 2.24) is 0 Å². The average Bonchev–Trinajstić information content (AvgIpc) is 2.89. The minimum atomic E-state index is -0.874. The van der Waals surface area contributed by atoms with Crippen LogP contribution >= 0.6 is 0 Å². The number of aryl methyl sites for hydroxylation is 1. The van der Waals surface area contributed by atoms with Crippen molar-refractivity contribution in [3.8, 4) is 5.75 Å². The van der Waals surface area contributed by atoms with Gasteiger partial charge >= 0.3 is 0 Å². The lowest BCUT2D eigenvalue weighted by Crippen LogP contribution is -2.32. The van der Waals surface area contributed by atoms with Crippen LogP contribution in [-0.4, -0.2) is 24.0 Å². The smallest absolute Gasteiger partial charge is 0.146 e. The van der Waals surface area contributed by atoms with Crippen LogP contribution in [0.1, 0.15) is 64.4 Å². The highest BCUT2D eigenvalue weighted by Crippen LogP contribution is 2.39. The summed E-state index contributed by atoms with van der Waals surface area (Å²) in [5, 5.41) is 0. The quantitative estimate of drug-likeness (QED) is 0.600. The second kappa shape index (κ2) is 8.93. The van der Waals surface area contributed by atoms with Gasteiger partial charge in [0.05, 0.1) is 12.0 Å². The van der Waals surface area contributed by atoms with E-state index in [1.165, 1.54) is 0 Å². The molecule has 0 saturated heterocycles. The van der Waals surface area contributed by atoms with E-state index in [-0.39, 0.29) is 17.3 Å². The molecule has 0 N–H and O–H groups in total. The topological polar surface area (TPSA) is 60.4 Å². The summed E-state index contributed by atoms with van der Waals surface area (Å²) in [5.41, 5.74) is 0.284. The van der Waals surface area contributed by atoms with E-state index >= 15 is 0 Å². The second-order valence-corrected chi connectivity index (χ2v) is 6.75. The number of ketones is 3. The molecule has 25 heavy (non-hydrogen) atoms. The zero-order chi connectivity index (χ0) is 18.3. The molecule has 4 nitrogen and oxygen atoms in total. The van der Waals surface area contributed by atoms with Gasteiger partial charge in [0.1, 0.15) is 23.1 Å². The summed E-state index contributed by atoms with van der Waals surface area (Å²) < 4.78 is 5.48. The van der Waals surface area contributed by atoms with Gasteiger partial charge in [-0.2, -0.15) is 0 Å². The summed E-state index contributed by atoms with van der Waals surface area (Å²) in [5.74, 6) is 1.05. The van der Waals surface area contributed by atoms with Crippen LogP contribution in [0.15, 0.2) is 24.3 Å². The van der Waals surface area contributed by atoms with Crippen LogP contribution in [-0.2, 0) is 20.8 Å². The van der Waals surface area contributed by atoms with Crippen LogP contribution < -0.4 is 4.74 Å². The summed E-state index contributed by atoms with van der Waals surface area (Å²) in [4.78, 5) is 36.4. The van der Waals surface area contributed by atoms with Crippen molar-refractivity contribution >= 4 is 17.3 Å². The number of hydrogen-bond donors (Lipinski definition) is 0. The molecule has 0 aliphatic heterocycles. The van der Waals surface area contributed by atoms with Crippen molar-refractivity contribution in [3.63, 3.8) is 0 Å². The van der Waals surface area contributed by atoms with Crippen LogP contribution in [0.3, 0.4) is 0 Å². The van der Waals surface area contributed by atoms with Crippen LogP contribution in [0.25, 0.3) is 0 Å². The molecule has 4 heteroatoms. The van der Waals surface area contributed by atoms with Crippen molar-refractivity contribution in [2.45, 2.75) is 65.2 Å². The first-order valence-electron chi connectivity index (χ1n) is 9.32. The Bertz CT molecular complexity index is 617. The minimum absolute atomic E-state index is 0.0283. The molecule has 1 fully saturated rings. The van der Waals surface area contributed by atoms with Gasteiger partial charge < -0.3 is 4.74 Å². The van der Waals surface area contributed by atoms with Crippen molar-refractivity contribution in [2.75, 3.05) is 6.61 Å². The Morgan fingerprint density at radius 2 is 1.84 bits per heavy atom. The molecule has 0 aromatic heterocycles. The summed E-state index contributed by atoms with van der Waals surface area (Å²) >= 11 is 0. The van der Waals surface area contributed by atoms with E-state index in [2.05, 4.69) is 0 Å². The fraction of sp³-hybridized carbons (Fsp3) is 0.571. The van der Waals surface area contributed by atoms with Crippen LogP contribution in [0.4, 0.5) is 0 Å². The Kier molecular flexibility index (Phi) is 6.91. The van der Waals surface area contributed by atoms with E-state index in [4.69, 9.17) is 4.74 Å².